The van der Waals surface area contributed by atoms with Crippen LogP contribution in [0.2, 0.25) is 0 Å². The third-order valence-electron chi connectivity index (χ3n) is 14.1. The van der Waals surface area contributed by atoms with Gasteiger partial charge in [0, 0.05) is 64.5 Å². The Bertz CT molecular complexity index is 2110. The molecular weight excluding hydrogens is 987 g/mol. The van der Waals surface area contributed by atoms with Crippen molar-refractivity contribution in [3.63, 3.8) is 0 Å². The maximum absolute atomic E-state index is 14.7. The van der Waals surface area contributed by atoms with Gasteiger partial charge in [-0.15, -0.1) is 11.3 Å². The number of likely N-dealkylation sites (tertiary alicyclic amines) is 1. The number of thiocarbonyl (C=S) groups is 1. The van der Waals surface area contributed by atoms with E-state index in [1.807, 2.05) is 76.9 Å². The van der Waals surface area contributed by atoms with E-state index >= 15 is 0 Å². The molecule has 3 heterocycles. The first-order valence-corrected chi connectivity index (χ1v) is 27.3. The highest BCUT2D eigenvalue weighted by atomic mass is 32.1. The van der Waals surface area contributed by atoms with Crippen molar-refractivity contribution in [2.24, 2.45) is 23.7 Å². The number of imide groups is 1. The second kappa shape index (κ2) is 31.4. The smallest absolute Gasteiger partial charge is 0.253 e. The number of benzene rings is 1. The Morgan fingerprint density at radius 3 is 2.05 bits per heavy atom. The Morgan fingerprint density at radius 2 is 1.49 bits per heavy atom. The van der Waals surface area contributed by atoms with Gasteiger partial charge in [0.15, 0.2) is 0 Å². The first kappa shape index (κ1) is 61.8. The lowest BCUT2D eigenvalue weighted by Crippen LogP contribution is -2.60. The van der Waals surface area contributed by atoms with Crippen LogP contribution in [-0.2, 0) is 58.9 Å². The molecular formula is C54H83N7O11S2. The van der Waals surface area contributed by atoms with Crippen LogP contribution in [0, 0.1) is 23.7 Å². The van der Waals surface area contributed by atoms with Crippen molar-refractivity contribution in [1.82, 2.24) is 35.2 Å². The molecule has 1 fully saturated rings. The predicted octanol–water partition coefficient (Wildman–Crippen LogP) is 5.25. The molecule has 2 aliphatic heterocycles. The number of nitrogens with one attached hydrogen (secondary N) is 2. The summed E-state index contributed by atoms with van der Waals surface area (Å²) in [4.78, 5) is 91.3. The van der Waals surface area contributed by atoms with Crippen molar-refractivity contribution in [2.45, 2.75) is 129 Å². The van der Waals surface area contributed by atoms with Crippen molar-refractivity contribution in [3.05, 3.63) is 64.6 Å². The van der Waals surface area contributed by atoms with E-state index in [-0.39, 0.29) is 130 Å². The van der Waals surface area contributed by atoms with Gasteiger partial charge in [0.25, 0.3) is 11.8 Å². The Hall–Kier alpha value is -4.70. The van der Waals surface area contributed by atoms with Crippen molar-refractivity contribution in [1.29, 1.82) is 0 Å². The molecule has 18 nitrogen and oxygen atoms in total. The zero-order valence-electron chi connectivity index (χ0n) is 45.5. The van der Waals surface area contributed by atoms with Crippen LogP contribution in [0.15, 0.2) is 54.1 Å². The van der Waals surface area contributed by atoms with E-state index in [9.17, 15) is 28.8 Å². The Morgan fingerprint density at radius 1 is 0.851 bits per heavy atom. The van der Waals surface area contributed by atoms with Crippen LogP contribution in [0.3, 0.4) is 0 Å². The number of hydrogen-bond donors (Lipinski definition) is 2. The number of rotatable bonds is 33. The van der Waals surface area contributed by atoms with E-state index in [1.165, 1.54) is 17.1 Å². The maximum Gasteiger partial charge on any atom is 0.253 e. The highest BCUT2D eigenvalue weighted by Gasteiger charge is 2.43. The summed E-state index contributed by atoms with van der Waals surface area (Å²) >= 11 is 7.65. The molecule has 0 radical (unpaired) electrons. The summed E-state index contributed by atoms with van der Waals surface area (Å²) < 4.78 is 28.9. The molecule has 2 aromatic rings. The molecule has 2 N–H and O–H groups in total. The van der Waals surface area contributed by atoms with Crippen LogP contribution in [-0.4, -0.2) is 182 Å². The van der Waals surface area contributed by atoms with Gasteiger partial charge in [-0.25, -0.2) is 4.98 Å². The topological polar surface area (TPSA) is 198 Å². The average molecular weight is 1070 g/mol. The summed E-state index contributed by atoms with van der Waals surface area (Å²) in [5.41, 5.74) is 1.16. The minimum atomic E-state index is -0.936. The van der Waals surface area contributed by atoms with E-state index < -0.39 is 30.1 Å². The summed E-state index contributed by atoms with van der Waals surface area (Å²) in [6.45, 7) is 15.6. The largest absolute Gasteiger partial charge is 0.379 e. The lowest BCUT2D eigenvalue weighted by molar-refractivity contribution is -0.148. The Kier molecular flexibility index (Phi) is 26.2. The fraction of sp³-hybridized carbons (Fsp3) is 0.667. The van der Waals surface area contributed by atoms with E-state index in [1.54, 1.807) is 50.7 Å². The standard InChI is InChI=1S/C54H83N7O11S2/c1-12-37(6)49(42(68-10)34-46(65)60-24-16-19-41(60)50(69-11)38(7)52(73)56-40(53-55-23-32-74-53)33-39-17-14-13-15-18-39)59(9)54(67)47(35(2)3)57-51(66)48(36(4)5)58(8)43(62)22-26-70-28-30-72-31-29-71-27-25-61-44(63)20-21-45(61)64/h13-15,17-18,20-21,23,32,35-38,40-42,47-50H,12,16,19,22,24-31,33-34H2,1-11H3,(H,56,73)(H,57,66)/t37-,38+,40-,41-,42+,47-,48-,49-,50+/m0/s1. The van der Waals surface area contributed by atoms with E-state index in [4.69, 9.17) is 35.9 Å². The Labute approximate surface area is 448 Å². The van der Waals surface area contributed by atoms with Crippen LogP contribution in [0.25, 0.3) is 0 Å². The molecule has 1 aromatic heterocycles. The first-order valence-electron chi connectivity index (χ1n) is 26.0. The third-order valence-corrected chi connectivity index (χ3v) is 15.5. The predicted molar refractivity (Wildman–Crippen MR) is 288 cm³/mol. The maximum atomic E-state index is 14.7. The number of thiazole rings is 1. The van der Waals surface area contributed by atoms with Crippen molar-refractivity contribution >= 4 is 64.0 Å². The summed E-state index contributed by atoms with van der Waals surface area (Å²) in [6, 6.07) is 7.52. The summed E-state index contributed by atoms with van der Waals surface area (Å²) in [6.07, 6.45) is 6.20. The number of carbonyl (C=O) groups excluding carboxylic acids is 6. The van der Waals surface area contributed by atoms with E-state index in [0.29, 0.717) is 24.4 Å². The molecule has 9 atom stereocenters. The van der Waals surface area contributed by atoms with Crippen LogP contribution in [0.1, 0.15) is 97.2 Å². The molecule has 0 spiro atoms. The molecule has 1 aromatic carbocycles. The first-order chi connectivity index (χ1) is 35.4. The van der Waals surface area contributed by atoms with Gasteiger partial charge < -0.3 is 49.0 Å². The number of likely N-dealkylation sites (N-methyl/N-ethyl adjacent to an activating group) is 2. The molecule has 74 heavy (non-hydrogen) atoms. The Balaban J connectivity index is 1.33. The fourth-order valence-electron chi connectivity index (χ4n) is 9.80. The van der Waals surface area contributed by atoms with Crippen LogP contribution in [0.4, 0.5) is 0 Å². The lowest BCUT2D eigenvalue weighted by atomic mass is 9.89. The van der Waals surface area contributed by atoms with Gasteiger partial charge in [0.05, 0.1) is 94.3 Å². The van der Waals surface area contributed by atoms with Gasteiger partial charge in [0.1, 0.15) is 17.1 Å². The van der Waals surface area contributed by atoms with Gasteiger partial charge >= 0.3 is 0 Å². The molecule has 0 unspecified atom stereocenters. The second-order valence-corrected chi connectivity index (χ2v) is 21.2. The fourth-order valence-corrected chi connectivity index (χ4v) is 10.8. The zero-order chi connectivity index (χ0) is 54.5. The van der Waals surface area contributed by atoms with Crippen LogP contribution < -0.4 is 10.6 Å². The van der Waals surface area contributed by atoms with Crippen molar-refractivity contribution in [2.75, 3.05) is 81.0 Å². The number of carbonyl (C=O) groups is 6. The zero-order valence-corrected chi connectivity index (χ0v) is 47.1. The third kappa shape index (κ3) is 17.7. The number of ether oxygens (including phenoxy) is 5. The second-order valence-electron chi connectivity index (χ2n) is 19.9. The number of aromatic nitrogens is 1. The van der Waals surface area contributed by atoms with Gasteiger partial charge in [-0.2, -0.15) is 0 Å². The van der Waals surface area contributed by atoms with Crippen molar-refractivity contribution in [3.8, 4) is 0 Å². The highest BCUT2D eigenvalue weighted by Crippen LogP contribution is 2.31. The molecule has 1 saturated heterocycles. The molecule has 0 saturated carbocycles. The normalized spacial score (nSPS) is 18.0. The molecule has 20 heteroatoms. The minimum Gasteiger partial charge on any atom is -0.379 e. The van der Waals surface area contributed by atoms with Gasteiger partial charge in [-0.1, -0.05) is 97.4 Å². The summed E-state index contributed by atoms with van der Waals surface area (Å²) in [5, 5.41) is 9.50. The molecule has 4 rings (SSSR count). The number of nitrogens with zero attached hydrogens (tertiary/aromatic N) is 5. The number of amides is 6. The van der Waals surface area contributed by atoms with E-state index in [2.05, 4.69) is 27.8 Å². The quantitative estimate of drug-likeness (QED) is 0.0534. The van der Waals surface area contributed by atoms with Crippen molar-refractivity contribution < 1.29 is 52.5 Å². The monoisotopic (exact) mass is 1070 g/mol. The van der Waals surface area contributed by atoms with Gasteiger partial charge in [0.2, 0.25) is 23.6 Å². The molecule has 412 valence electrons. The minimum absolute atomic E-state index is 0.0240. The van der Waals surface area contributed by atoms with Crippen LogP contribution >= 0.6 is 23.6 Å². The SMILES string of the molecule is CC[C@H](C)[C@@H]([C@@H](CC(=O)N1CCC[C@H]1[C@H](OC)[C@@H](C)C(=S)N[C@@H](Cc1ccccc1)c1nccs1)OC)N(C)C(=O)[C@@H](NC(=O)[C@H](C(C)C)N(C)C(=O)CCOCCOCCOCCN1C(=O)C=CC1=O)C(C)C. The average Bonchev–Trinajstić information content (AvgIpc) is 4.17. The number of methoxy groups -OCH3 is 2. The summed E-state index contributed by atoms with van der Waals surface area (Å²) in [5.74, 6) is -2.79. The number of hydrogen-bond acceptors (Lipinski definition) is 14. The van der Waals surface area contributed by atoms with Crippen LogP contribution in [0.5, 0.6) is 0 Å². The van der Waals surface area contributed by atoms with E-state index in [0.717, 1.165) is 28.3 Å². The highest BCUT2D eigenvalue weighted by molar-refractivity contribution is 7.80. The lowest BCUT2D eigenvalue weighted by Gasteiger charge is -2.41. The molecule has 6 amide bonds. The summed E-state index contributed by atoms with van der Waals surface area (Å²) in [7, 11) is 6.52. The molecule has 0 aliphatic carbocycles. The van der Waals surface area contributed by atoms with Gasteiger partial charge in [-0.3, -0.25) is 33.7 Å². The molecule has 0 bridgehead atoms. The molecule has 2 aliphatic rings. The van der Waals surface area contributed by atoms with Gasteiger partial charge in [-0.05, 0) is 42.6 Å².